The number of carbonyl (C=O) groups excluding carboxylic acids is 3. The summed E-state index contributed by atoms with van der Waals surface area (Å²) in [4.78, 5) is 38.0. The first-order valence-electron chi connectivity index (χ1n) is 8.57. The molecule has 0 N–H and O–H groups in total. The highest BCUT2D eigenvalue weighted by molar-refractivity contribution is 6.21. The summed E-state index contributed by atoms with van der Waals surface area (Å²) in [6.45, 7) is 5.80. The molecule has 1 aliphatic heterocycles. The molecule has 1 saturated carbocycles. The highest BCUT2D eigenvalue weighted by Crippen LogP contribution is 2.50. The van der Waals surface area contributed by atoms with Gasteiger partial charge in [0, 0.05) is 6.54 Å². The highest BCUT2D eigenvalue weighted by Gasteiger charge is 2.51. The fourth-order valence-corrected chi connectivity index (χ4v) is 2.92. The normalized spacial score (nSPS) is 18.6. The van der Waals surface area contributed by atoms with E-state index in [1.165, 1.54) is 4.90 Å². The molecule has 1 fully saturated rings. The van der Waals surface area contributed by atoms with Crippen LogP contribution in [-0.2, 0) is 9.53 Å². The summed E-state index contributed by atoms with van der Waals surface area (Å²) < 4.78 is 5.48. The largest absolute Gasteiger partial charge is 0.460 e. The molecule has 3 rings (SSSR count). The molecule has 1 aliphatic carbocycles. The van der Waals surface area contributed by atoms with E-state index in [2.05, 4.69) is 0 Å². The molecular weight excluding hydrogens is 318 g/mol. The van der Waals surface area contributed by atoms with Gasteiger partial charge in [0.2, 0.25) is 0 Å². The van der Waals surface area contributed by atoms with Crippen molar-refractivity contribution in [1.29, 1.82) is 0 Å². The molecule has 5 heteroatoms. The zero-order valence-corrected chi connectivity index (χ0v) is 14.9. The van der Waals surface area contributed by atoms with Crippen LogP contribution in [0.25, 0.3) is 0 Å². The maximum absolute atomic E-state index is 12.3. The Hall–Kier alpha value is -2.43. The summed E-state index contributed by atoms with van der Waals surface area (Å²) in [6.07, 6.45) is 5.87. The second kappa shape index (κ2) is 6.14. The molecule has 1 aromatic carbocycles. The molecule has 132 valence electrons. The predicted octanol–water partition coefficient (Wildman–Crippen LogP) is 3.35. The van der Waals surface area contributed by atoms with Gasteiger partial charge in [-0.3, -0.25) is 19.3 Å². The van der Waals surface area contributed by atoms with Crippen molar-refractivity contribution in [3.8, 4) is 0 Å². The first-order valence-corrected chi connectivity index (χ1v) is 8.57. The molecule has 0 spiro atoms. The van der Waals surface area contributed by atoms with Crippen molar-refractivity contribution in [3.05, 3.63) is 47.5 Å². The minimum absolute atomic E-state index is 0.162. The molecule has 1 heterocycles. The number of hydrogen-bond donors (Lipinski definition) is 0. The number of carbonyl (C=O) groups is 3. The molecule has 1 aromatic rings. The van der Waals surface area contributed by atoms with Crippen molar-refractivity contribution < 1.29 is 19.1 Å². The number of allylic oxidation sites excluding steroid dienone is 1. The van der Waals surface area contributed by atoms with Crippen molar-refractivity contribution in [2.75, 3.05) is 6.54 Å². The summed E-state index contributed by atoms with van der Waals surface area (Å²) in [6, 6.07) is 6.84. The molecule has 5 nitrogen and oxygen atoms in total. The lowest BCUT2D eigenvalue weighted by atomic mass is 10.0. The average molecular weight is 341 g/mol. The van der Waals surface area contributed by atoms with Crippen LogP contribution in [0, 0.1) is 5.41 Å². The molecular formula is C20H23NO4. The van der Waals surface area contributed by atoms with Gasteiger partial charge >= 0.3 is 5.97 Å². The van der Waals surface area contributed by atoms with Crippen LogP contribution in [0.15, 0.2) is 36.4 Å². The maximum atomic E-state index is 12.3. The minimum Gasteiger partial charge on any atom is -0.460 e. The van der Waals surface area contributed by atoms with Gasteiger partial charge in [0.25, 0.3) is 11.8 Å². The van der Waals surface area contributed by atoms with Crippen LogP contribution in [-0.4, -0.2) is 34.8 Å². The number of esters is 1. The van der Waals surface area contributed by atoms with Crippen LogP contribution in [0.5, 0.6) is 0 Å². The van der Waals surface area contributed by atoms with E-state index < -0.39 is 11.0 Å². The Labute approximate surface area is 147 Å². The monoisotopic (exact) mass is 341 g/mol. The number of fused-ring (bicyclic) bond motifs is 1. The number of nitrogens with zero attached hydrogens (tertiary/aromatic N) is 1. The highest BCUT2D eigenvalue weighted by atomic mass is 16.6. The Balaban J connectivity index is 1.57. The number of rotatable bonds is 5. The lowest BCUT2D eigenvalue weighted by molar-refractivity contribution is -0.161. The quantitative estimate of drug-likeness (QED) is 0.468. The standard InChI is InChI=1S/C20H23NO4/c1-19(2,3)25-18(24)20(11-12-20)10-6-7-13-21-16(22)14-8-4-5-9-15(14)17(21)23/h4-9H,10-13H2,1-3H3. The zero-order chi connectivity index (χ0) is 18.2. The Morgan fingerprint density at radius 3 is 2.16 bits per heavy atom. The summed E-state index contributed by atoms with van der Waals surface area (Å²) in [5.41, 5.74) is -0.0101. The smallest absolute Gasteiger partial charge is 0.312 e. The molecule has 0 atom stereocenters. The van der Waals surface area contributed by atoms with Crippen molar-refractivity contribution >= 4 is 17.8 Å². The molecule has 0 unspecified atom stereocenters. The minimum atomic E-state index is -0.490. The first kappa shape index (κ1) is 17.4. The van der Waals surface area contributed by atoms with Crippen molar-refractivity contribution in [1.82, 2.24) is 4.90 Å². The van der Waals surface area contributed by atoms with E-state index in [9.17, 15) is 14.4 Å². The fraction of sp³-hybridized carbons (Fsp3) is 0.450. The number of ether oxygens (including phenoxy) is 1. The Morgan fingerprint density at radius 1 is 1.12 bits per heavy atom. The lowest BCUT2D eigenvalue weighted by Crippen LogP contribution is -2.30. The molecule has 25 heavy (non-hydrogen) atoms. The van der Waals surface area contributed by atoms with E-state index in [4.69, 9.17) is 4.74 Å². The van der Waals surface area contributed by atoms with E-state index in [0.717, 1.165) is 12.8 Å². The van der Waals surface area contributed by atoms with Crippen molar-refractivity contribution in [2.45, 2.75) is 45.6 Å². The van der Waals surface area contributed by atoms with Gasteiger partial charge in [0.1, 0.15) is 5.60 Å². The maximum Gasteiger partial charge on any atom is 0.312 e. The molecule has 0 radical (unpaired) electrons. The zero-order valence-electron chi connectivity index (χ0n) is 14.9. The number of amides is 2. The summed E-state index contributed by atoms with van der Waals surface area (Å²) in [7, 11) is 0. The average Bonchev–Trinajstić information content (AvgIpc) is 3.29. The van der Waals surface area contributed by atoms with Gasteiger partial charge in [0.15, 0.2) is 0 Å². The predicted molar refractivity (Wildman–Crippen MR) is 93.1 cm³/mol. The van der Waals surface area contributed by atoms with Crippen molar-refractivity contribution in [2.24, 2.45) is 5.41 Å². The van der Waals surface area contributed by atoms with Gasteiger partial charge in [-0.15, -0.1) is 0 Å². The first-order chi connectivity index (χ1) is 11.7. The van der Waals surface area contributed by atoms with Gasteiger partial charge in [-0.1, -0.05) is 24.3 Å². The van der Waals surface area contributed by atoms with E-state index in [0.29, 0.717) is 17.5 Å². The van der Waals surface area contributed by atoms with Crippen molar-refractivity contribution in [3.63, 3.8) is 0 Å². The number of imide groups is 1. The molecule has 2 aliphatic rings. The third-order valence-corrected chi connectivity index (χ3v) is 4.53. The Bertz CT molecular complexity index is 718. The second-order valence-corrected chi connectivity index (χ2v) is 7.72. The van der Waals surface area contributed by atoms with E-state index in [1.54, 1.807) is 30.3 Å². The number of hydrogen-bond acceptors (Lipinski definition) is 4. The Kier molecular flexibility index (Phi) is 4.27. The van der Waals surface area contributed by atoms with Gasteiger partial charge < -0.3 is 4.74 Å². The Morgan fingerprint density at radius 2 is 1.68 bits per heavy atom. The summed E-state index contributed by atoms with van der Waals surface area (Å²) in [5, 5.41) is 0. The van der Waals surface area contributed by atoms with E-state index in [1.807, 2.05) is 26.8 Å². The number of benzene rings is 1. The fourth-order valence-electron chi connectivity index (χ4n) is 2.92. The SMILES string of the molecule is CC(C)(C)OC(=O)C1(CC=CCN2C(=O)c3ccccc3C2=O)CC1. The van der Waals surface area contributed by atoms with Crippen LogP contribution >= 0.6 is 0 Å². The van der Waals surface area contributed by atoms with Gasteiger partial charge in [-0.25, -0.2) is 0 Å². The van der Waals surface area contributed by atoms with Crippen LogP contribution in [0.3, 0.4) is 0 Å². The topological polar surface area (TPSA) is 63.7 Å². The molecule has 2 amide bonds. The summed E-state index contributed by atoms with van der Waals surface area (Å²) in [5.74, 6) is -0.692. The van der Waals surface area contributed by atoms with Gasteiger partial charge in [-0.05, 0) is 52.2 Å². The van der Waals surface area contributed by atoms with Gasteiger partial charge in [-0.2, -0.15) is 0 Å². The molecule has 0 bridgehead atoms. The third-order valence-electron chi connectivity index (χ3n) is 4.53. The van der Waals surface area contributed by atoms with Crippen LogP contribution in [0.4, 0.5) is 0 Å². The molecule has 0 aromatic heterocycles. The van der Waals surface area contributed by atoms with Crippen LogP contribution < -0.4 is 0 Å². The van der Waals surface area contributed by atoms with Gasteiger partial charge in [0.05, 0.1) is 16.5 Å². The summed E-state index contributed by atoms with van der Waals surface area (Å²) >= 11 is 0. The lowest BCUT2D eigenvalue weighted by Gasteiger charge is -2.23. The van der Waals surface area contributed by atoms with Crippen LogP contribution in [0.2, 0.25) is 0 Å². The van der Waals surface area contributed by atoms with E-state index in [-0.39, 0.29) is 24.3 Å². The second-order valence-electron chi connectivity index (χ2n) is 7.72. The third kappa shape index (κ3) is 3.50. The molecule has 0 saturated heterocycles. The van der Waals surface area contributed by atoms with Crippen LogP contribution in [0.1, 0.15) is 60.7 Å². The van der Waals surface area contributed by atoms with E-state index >= 15 is 0 Å².